The van der Waals surface area contributed by atoms with E-state index in [0.717, 1.165) is 41.1 Å². The number of benzene rings is 2. The molecular weight excluding hydrogens is 322 g/mol. The summed E-state index contributed by atoms with van der Waals surface area (Å²) < 4.78 is 0. The molecule has 3 aromatic rings. The van der Waals surface area contributed by atoms with Gasteiger partial charge in [0.15, 0.2) is 0 Å². The van der Waals surface area contributed by atoms with Gasteiger partial charge < -0.3 is 9.88 Å². The number of amides is 1. The fourth-order valence-corrected chi connectivity index (χ4v) is 3.16. The number of aromatic nitrogens is 2. The fraction of sp³-hybridized carbons (Fsp3) is 0.364. The molecule has 0 aliphatic heterocycles. The second-order valence-electron chi connectivity index (χ2n) is 7.68. The van der Waals surface area contributed by atoms with E-state index in [1.165, 1.54) is 0 Å². The molecule has 3 rings (SSSR count). The molecule has 1 heterocycles. The zero-order chi connectivity index (χ0) is 18.7. The van der Waals surface area contributed by atoms with Crippen molar-refractivity contribution in [3.8, 4) is 11.4 Å². The number of aromatic amines is 1. The van der Waals surface area contributed by atoms with E-state index in [0.29, 0.717) is 11.8 Å². The number of imidazole rings is 1. The minimum atomic E-state index is 0.101. The molecule has 1 amide bonds. The van der Waals surface area contributed by atoms with Crippen LogP contribution in [0.5, 0.6) is 0 Å². The first-order valence-electron chi connectivity index (χ1n) is 9.28. The normalized spacial score (nSPS) is 11.5. The van der Waals surface area contributed by atoms with Gasteiger partial charge in [-0.3, -0.25) is 4.79 Å². The maximum Gasteiger partial charge on any atom is 0.253 e. The van der Waals surface area contributed by atoms with Gasteiger partial charge in [-0.1, -0.05) is 52.0 Å². The van der Waals surface area contributed by atoms with Crippen LogP contribution in [0.15, 0.2) is 48.5 Å². The predicted octanol–water partition coefficient (Wildman–Crippen LogP) is 4.98. The Kier molecular flexibility index (Phi) is 5.40. The van der Waals surface area contributed by atoms with Crippen LogP contribution in [-0.2, 0) is 0 Å². The first-order chi connectivity index (χ1) is 12.4. The molecule has 1 N–H and O–H groups in total. The average molecular weight is 349 g/mol. The molecule has 2 aromatic carbocycles. The Morgan fingerprint density at radius 2 is 1.58 bits per heavy atom. The maximum absolute atomic E-state index is 12.9. The van der Waals surface area contributed by atoms with Gasteiger partial charge in [0.05, 0.1) is 11.0 Å². The Balaban J connectivity index is 1.82. The number of nitrogens with one attached hydrogen (secondary N) is 1. The summed E-state index contributed by atoms with van der Waals surface area (Å²) in [7, 11) is 0. The molecule has 0 saturated carbocycles. The highest BCUT2D eigenvalue weighted by molar-refractivity contribution is 5.94. The lowest BCUT2D eigenvalue weighted by Crippen LogP contribution is -2.37. The van der Waals surface area contributed by atoms with Crippen molar-refractivity contribution in [2.24, 2.45) is 11.8 Å². The number of fused-ring (bicyclic) bond motifs is 1. The lowest BCUT2D eigenvalue weighted by atomic mass is 10.1. The summed E-state index contributed by atoms with van der Waals surface area (Å²) in [5, 5.41) is 0. The van der Waals surface area contributed by atoms with Gasteiger partial charge >= 0.3 is 0 Å². The molecule has 0 saturated heterocycles. The smallest absolute Gasteiger partial charge is 0.253 e. The van der Waals surface area contributed by atoms with Crippen LogP contribution in [0.3, 0.4) is 0 Å². The second kappa shape index (κ2) is 7.73. The molecule has 4 nitrogen and oxygen atoms in total. The number of H-pyrrole nitrogens is 1. The summed E-state index contributed by atoms with van der Waals surface area (Å²) in [6.07, 6.45) is 0. The summed E-state index contributed by atoms with van der Waals surface area (Å²) in [4.78, 5) is 22.8. The molecule has 0 radical (unpaired) electrons. The summed E-state index contributed by atoms with van der Waals surface area (Å²) in [6.45, 7) is 10.1. The van der Waals surface area contributed by atoms with Gasteiger partial charge in [-0.15, -0.1) is 0 Å². The predicted molar refractivity (Wildman–Crippen MR) is 107 cm³/mol. The third kappa shape index (κ3) is 4.13. The molecule has 0 fully saturated rings. The Hall–Kier alpha value is -2.62. The van der Waals surface area contributed by atoms with Crippen molar-refractivity contribution in [3.05, 3.63) is 54.1 Å². The Morgan fingerprint density at radius 3 is 2.15 bits per heavy atom. The highest BCUT2D eigenvalue weighted by Gasteiger charge is 2.18. The number of carbonyl (C=O) groups is 1. The van der Waals surface area contributed by atoms with Crippen molar-refractivity contribution in [2.75, 3.05) is 13.1 Å². The van der Waals surface area contributed by atoms with E-state index in [1.54, 1.807) is 0 Å². The third-order valence-corrected chi connectivity index (χ3v) is 4.25. The minimum Gasteiger partial charge on any atom is -0.338 e. The molecule has 1 aromatic heterocycles. The molecule has 26 heavy (non-hydrogen) atoms. The van der Waals surface area contributed by atoms with Crippen molar-refractivity contribution >= 4 is 16.9 Å². The van der Waals surface area contributed by atoms with Gasteiger partial charge in [0.2, 0.25) is 0 Å². The third-order valence-electron chi connectivity index (χ3n) is 4.25. The molecule has 0 bridgehead atoms. The zero-order valence-electron chi connectivity index (χ0n) is 16.0. The Morgan fingerprint density at radius 1 is 0.962 bits per heavy atom. The number of hydrogen-bond donors (Lipinski definition) is 1. The van der Waals surface area contributed by atoms with Gasteiger partial charge in [0.25, 0.3) is 5.91 Å². The quantitative estimate of drug-likeness (QED) is 0.682. The summed E-state index contributed by atoms with van der Waals surface area (Å²) in [5.74, 6) is 1.83. The number of nitrogens with zero attached hydrogens (tertiary/aromatic N) is 2. The Labute approximate surface area is 155 Å². The zero-order valence-corrected chi connectivity index (χ0v) is 16.0. The number of carbonyl (C=O) groups excluding carboxylic acids is 1. The Bertz CT molecular complexity index is 835. The lowest BCUT2D eigenvalue weighted by molar-refractivity contribution is 0.0715. The largest absolute Gasteiger partial charge is 0.338 e. The van der Waals surface area contributed by atoms with Crippen LogP contribution in [0.4, 0.5) is 0 Å². The molecule has 4 heteroatoms. The van der Waals surface area contributed by atoms with Crippen molar-refractivity contribution < 1.29 is 4.79 Å². The van der Waals surface area contributed by atoms with E-state index in [4.69, 9.17) is 0 Å². The van der Waals surface area contributed by atoms with Gasteiger partial charge in [0, 0.05) is 24.2 Å². The summed E-state index contributed by atoms with van der Waals surface area (Å²) >= 11 is 0. The van der Waals surface area contributed by atoms with E-state index < -0.39 is 0 Å². The van der Waals surface area contributed by atoms with Crippen LogP contribution < -0.4 is 0 Å². The van der Waals surface area contributed by atoms with E-state index in [2.05, 4.69) is 37.7 Å². The van der Waals surface area contributed by atoms with E-state index >= 15 is 0 Å². The van der Waals surface area contributed by atoms with Crippen molar-refractivity contribution in [3.63, 3.8) is 0 Å². The first-order valence-corrected chi connectivity index (χ1v) is 9.28. The monoisotopic (exact) mass is 349 g/mol. The van der Waals surface area contributed by atoms with Crippen LogP contribution in [0.1, 0.15) is 38.1 Å². The second-order valence-corrected chi connectivity index (χ2v) is 7.68. The van der Waals surface area contributed by atoms with Crippen molar-refractivity contribution in [1.29, 1.82) is 0 Å². The summed E-state index contributed by atoms with van der Waals surface area (Å²) in [5.41, 5.74) is 3.67. The van der Waals surface area contributed by atoms with Crippen molar-refractivity contribution in [2.45, 2.75) is 27.7 Å². The number of hydrogen-bond acceptors (Lipinski definition) is 2. The molecule has 0 aliphatic carbocycles. The van der Waals surface area contributed by atoms with Gasteiger partial charge in [0.1, 0.15) is 5.82 Å². The van der Waals surface area contributed by atoms with Crippen LogP contribution in [-0.4, -0.2) is 33.9 Å². The van der Waals surface area contributed by atoms with Gasteiger partial charge in [-0.2, -0.15) is 0 Å². The molecule has 0 aliphatic rings. The molecule has 0 spiro atoms. The van der Waals surface area contributed by atoms with Gasteiger partial charge in [-0.05, 0) is 36.1 Å². The van der Waals surface area contributed by atoms with E-state index in [1.807, 2.05) is 53.4 Å². The minimum absolute atomic E-state index is 0.101. The standard InChI is InChI=1S/C22H27N3O/c1-15(2)13-25(14-16(3)4)22(26)18-11-9-17(10-12-18)21-23-19-7-5-6-8-20(19)24-21/h5-12,15-16H,13-14H2,1-4H3,(H,23,24). The number of para-hydroxylation sites is 2. The molecule has 0 atom stereocenters. The van der Waals surface area contributed by atoms with Gasteiger partial charge in [-0.25, -0.2) is 4.98 Å². The van der Waals surface area contributed by atoms with E-state index in [-0.39, 0.29) is 5.91 Å². The highest BCUT2D eigenvalue weighted by Crippen LogP contribution is 2.21. The molecule has 0 unspecified atom stereocenters. The topological polar surface area (TPSA) is 49.0 Å². The fourth-order valence-electron chi connectivity index (χ4n) is 3.16. The van der Waals surface area contributed by atoms with E-state index in [9.17, 15) is 4.79 Å². The van der Waals surface area contributed by atoms with Crippen LogP contribution in [0.2, 0.25) is 0 Å². The van der Waals surface area contributed by atoms with Crippen LogP contribution in [0.25, 0.3) is 22.4 Å². The highest BCUT2D eigenvalue weighted by atomic mass is 16.2. The SMILES string of the molecule is CC(C)CN(CC(C)C)C(=O)c1ccc(-c2nc3ccccc3[nH]2)cc1. The number of rotatable bonds is 6. The average Bonchev–Trinajstić information content (AvgIpc) is 3.04. The van der Waals surface area contributed by atoms with Crippen molar-refractivity contribution in [1.82, 2.24) is 14.9 Å². The maximum atomic E-state index is 12.9. The van der Waals surface area contributed by atoms with Crippen LogP contribution in [0, 0.1) is 11.8 Å². The first kappa shape index (κ1) is 18.2. The summed E-state index contributed by atoms with van der Waals surface area (Å²) in [6, 6.07) is 15.7. The molecule has 136 valence electrons. The van der Waals surface area contributed by atoms with Crippen LogP contribution >= 0.6 is 0 Å². The lowest BCUT2D eigenvalue weighted by Gasteiger charge is -2.26. The molecular formula is C22H27N3O.